The fourth-order valence-corrected chi connectivity index (χ4v) is 4.18. The van der Waals surface area contributed by atoms with Gasteiger partial charge < -0.3 is 5.32 Å². The Bertz CT molecular complexity index is 356. The quantitative estimate of drug-likeness (QED) is 0.737. The zero-order valence-electron chi connectivity index (χ0n) is 11.7. The number of rotatable bonds is 8. The van der Waals surface area contributed by atoms with E-state index in [0.29, 0.717) is 11.8 Å². The normalized spacial score (nSPS) is 32.2. The molecule has 0 aliphatic heterocycles. The van der Waals surface area contributed by atoms with Gasteiger partial charge in [0.15, 0.2) is 0 Å². The van der Waals surface area contributed by atoms with Gasteiger partial charge in [0.1, 0.15) is 9.84 Å². The molecule has 0 aromatic heterocycles. The van der Waals surface area contributed by atoms with Crippen LogP contribution in [0.4, 0.5) is 0 Å². The third kappa shape index (κ3) is 4.23. The van der Waals surface area contributed by atoms with E-state index in [1.165, 1.54) is 25.5 Å². The zero-order valence-corrected chi connectivity index (χ0v) is 12.5. The predicted octanol–water partition coefficient (Wildman–Crippen LogP) is 2.23. The van der Waals surface area contributed by atoms with Crippen molar-refractivity contribution in [3.63, 3.8) is 0 Å². The average Bonchev–Trinajstić information content (AvgIpc) is 2.89. The third-order valence-electron chi connectivity index (χ3n) is 4.54. The van der Waals surface area contributed by atoms with Gasteiger partial charge in [-0.25, -0.2) is 8.42 Å². The Morgan fingerprint density at radius 3 is 2.44 bits per heavy atom. The SMILES string of the molecule is CCCNC(CCCS(C)(=O)=O)C1CC2CC2C1. The van der Waals surface area contributed by atoms with Crippen LogP contribution in [-0.2, 0) is 9.84 Å². The lowest BCUT2D eigenvalue weighted by molar-refractivity contribution is 0.317. The fourth-order valence-electron chi connectivity index (χ4n) is 3.49. The number of hydrogen-bond donors (Lipinski definition) is 1. The Balaban J connectivity index is 1.77. The third-order valence-corrected chi connectivity index (χ3v) is 5.57. The number of sulfone groups is 1. The van der Waals surface area contributed by atoms with Crippen molar-refractivity contribution in [1.82, 2.24) is 5.32 Å². The summed E-state index contributed by atoms with van der Waals surface area (Å²) in [5.74, 6) is 3.17. The Hall–Kier alpha value is -0.0900. The Labute approximate surface area is 112 Å². The predicted molar refractivity (Wildman–Crippen MR) is 75.3 cm³/mol. The lowest BCUT2D eigenvalue weighted by atomic mass is 9.91. The zero-order chi connectivity index (χ0) is 13.2. The summed E-state index contributed by atoms with van der Waals surface area (Å²) >= 11 is 0. The first-order chi connectivity index (χ1) is 8.49. The summed E-state index contributed by atoms with van der Waals surface area (Å²) < 4.78 is 22.4. The average molecular weight is 273 g/mol. The van der Waals surface area contributed by atoms with Gasteiger partial charge in [-0.15, -0.1) is 0 Å². The van der Waals surface area contributed by atoms with Crippen LogP contribution >= 0.6 is 0 Å². The molecule has 4 heteroatoms. The molecule has 2 fully saturated rings. The molecular formula is C14H27NO2S. The largest absolute Gasteiger partial charge is 0.314 e. The van der Waals surface area contributed by atoms with Gasteiger partial charge in [-0.2, -0.15) is 0 Å². The summed E-state index contributed by atoms with van der Waals surface area (Å²) in [7, 11) is -2.79. The molecule has 3 nitrogen and oxygen atoms in total. The summed E-state index contributed by atoms with van der Waals surface area (Å²) in [5.41, 5.74) is 0. The summed E-state index contributed by atoms with van der Waals surface area (Å²) in [4.78, 5) is 0. The van der Waals surface area contributed by atoms with Gasteiger partial charge in [0, 0.05) is 18.1 Å². The van der Waals surface area contributed by atoms with E-state index >= 15 is 0 Å². The van der Waals surface area contributed by atoms with Crippen LogP contribution in [0, 0.1) is 17.8 Å². The van der Waals surface area contributed by atoms with Crippen molar-refractivity contribution in [1.29, 1.82) is 0 Å². The molecule has 0 aromatic carbocycles. The monoisotopic (exact) mass is 273 g/mol. The molecule has 2 rings (SSSR count). The molecule has 1 N–H and O–H groups in total. The van der Waals surface area contributed by atoms with E-state index in [9.17, 15) is 8.42 Å². The van der Waals surface area contributed by atoms with Gasteiger partial charge in [-0.1, -0.05) is 6.92 Å². The summed E-state index contributed by atoms with van der Waals surface area (Å²) in [6.07, 6.45) is 8.55. The maximum atomic E-state index is 11.2. The fraction of sp³-hybridized carbons (Fsp3) is 1.00. The molecule has 18 heavy (non-hydrogen) atoms. The van der Waals surface area contributed by atoms with Gasteiger partial charge in [-0.3, -0.25) is 0 Å². The molecule has 2 aliphatic carbocycles. The van der Waals surface area contributed by atoms with E-state index in [0.717, 1.165) is 43.6 Å². The maximum Gasteiger partial charge on any atom is 0.147 e. The lowest BCUT2D eigenvalue weighted by Gasteiger charge is -2.26. The second-order valence-corrected chi connectivity index (χ2v) is 8.58. The van der Waals surface area contributed by atoms with Crippen LogP contribution in [0.1, 0.15) is 45.4 Å². The van der Waals surface area contributed by atoms with Crippen LogP contribution in [0.2, 0.25) is 0 Å². The number of nitrogens with one attached hydrogen (secondary N) is 1. The molecular weight excluding hydrogens is 246 g/mol. The second-order valence-electron chi connectivity index (χ2n) is 6.32. The summed E-state index contributed by atoms with van der Waals surface area (Å²) in [5, 5.41) is 3.64. The molecule has 0 saturated heterocycles. The highest BCUT2D eigenvalue weighted by molar-refractivity contribution is 7.90. The van der Waals surface area contributed by atoms with E-state index in [4.69, 9.17) is 0 Å². The van der Waals surface area contributed by atoms with Crippen LogP contribution in [0.15, 0.2) is 0 Å². The van der Waals surface area contributed by atoms with E-state index in [1.54, 1.807) is 0 Å². The van der Waals surface area contributed by atoms with Crippen molar-refractivity contribution in [3.05, 3.63) is 0 Å². The molecule has 3 unspecified atom stereocenters. The van der Waals surface area contributed by atoms with Crippen molar-refractivity contribution < 1.29 is 8.42 Å². The Kier molecular flexibility index (Phi) is 4.70. The van der Waals surface area contributed by atoms with Gasteiger partial charge in [0.2, 0.25) is 0 Å². The molecule has 0 heterocycles. The van der Waals surface area contributed by atoms with Crippen LogP contribution in [0.3, 0.4) is 0 Å². The van der Waals surface area contributed by atoms with E-state index < -0.39 is 9.84 Å². The van der Waals surface area contributed by atoms with Crippen LogP contribution in [0.25, 0.3) is 0 Å². The van der Waals surface area contributed by atoms with Crippen LogP contribution in [-0.4, -0.2) is 33.0 Å². The minimum absolute atomic E-state index is 0.344. The first-order valence-electron chi connectivity index (χ1n) is 7.40. The van der Waals surface area contributed by atoms with Gasteiger partial charge in [0.25, 0.3) is 0 Å². The topological polar surface area (TPSA) is 46.2 Å². The first-order valence-corrected chi connectivity index (χ1v) is 9.46. The number of fused-ring (bicyclic) bond motifs is 1. The molecule has 0 amide bonds. The van der Waals surface area contributed by atoms with Crippen molar-refractivity contribution in [2.45, 2.75) is 51.5 Å². The molecule has 2 aliphatic rings. The smallest absolute Gasteiger partial charge is 0.147 e. The van der Waals surface area contributed by atoms with E-state index in [2.05, 4.69) is 12.2 Å². The van der Waals surface area contributed by atoms with Crippen molar-refractivity contribution >= 4 is 9.84 Å². The maximum absolute atomic E-state index is 11.2. The minimum atomic E-state index is -2.79. The highest BCUT2D eigenvalue weighted by Crippen LogP contribution is 2.55. The molecule has 0 radical (unpaired) electrons. The summed E-state index contributed by atoms with van der Waals surface area (Å²) in [6, 6.07) is 0.555. The van der Waals surface area contributed by atoms with Crippen LogP contribution < -0.4 is 5.32 Å². The Morgan fingerprint density at radius 1 is 1.22 bits per heavy atom. The van der Waals surface area contributed by atoms with Crippen molar-refractivity contribution in [2.24, 2.45) is 17.8 Å². The standard InChI is InChI=1S/C14H27NO2S/c1-3-6-15-14(5-4-7-18(2,16)17)13-9-11-8-12(11)10-13/h11-15H,3-10H2,1-2H3. The van der Waals surface area contributed by atoms with Crippen molar-refractivity contribution in [2.75, 3.05) is 18.6 Å². The first kappa shape index (κ1) is 14.3. The van der Waals surface area contributed by atoms with E-state index in [-0.39, 0.29) is 0 Å². The molecule has 2 saturated carbocycles. The molecule has 3 atom stereocenters. The molecule has 106 valence electrons. The second kappa shape index (κ2) is 5.91. The van der Waals surface area contributed by atoms with Gasteiger partial charge in [-0.05, 0) is 62.8 Å². The molecule has 0 aromatic rings. The van der Waals surface area contributed by atoms with Gasteiger partial charge in [0.05, 0.1) is 0 Å². The van der Waals surface area contributed by atoms with Crippen molar-refractivity contribution in [3.8, 4) is 0 Å². The minimum Gasteiger partial charge on any atom is -0.314 e. The Morgan fingerprint density at radius 2 is 1.89 bits per heavy atom. The van der Waals surface area contributed by atoms with Crippen LogP contribution in [0.5, 0.6) is 0 Å². The number of hydrogen-bond acceptors (Lipinski definition) is 3. The molecule has 0 spiro atoms. The molecule has 0 bridgehead atoms. The van der Waals surface area contributed by atoms with Gasteiger partial charge >= 0.3 is 0 Å². The lowest BCUT2D eigenvalue weighted by Crippen LogP contribution is -2.36. The summed E-state index contributed by atoms with van der Waals surface area (Å²) in [6.45, 7) is 3.25. The highest BCUT2D eigenvalue weighted by atomic mass is 32.2. The highest BCUT2D eigenvalue weighted by Gasteiger charge is 2.47. The van der Waals surface area contributed by atoms with E-state index in [1.807, 2.05) is 0 Å².